The molecule has 0 aliphatic carbocycles. The molecule has 138 valence electrons. The molecule has 0 saturated carbocycles. The Hall–Kier alpha value is -2.90. The number of fused-ring (bicyclic) bond motifs is 1. The summed E-state index contributed by atoms with van der Waals surface area (Å²) in [4.78, 5) is 12.0. The van der Waals surface area contributed by atoms with Crippen LogP contribution in [-0.4, -0.2) is 25.7 Å². The SMILES string of the molecule is O=C(CCNc1ccc2c(c1)OCCO2)Nc1ccccc1C(F)(F)F. The molecule has 3 rings (SSSR count). The first-order valence-corrected chi connectivity index (χ1v) is 8.03. The zero-order valence-electron chi connectivity index (χ0n) is 13.7. The van der Waals surface area contributed by atoms with E-state index in [1.165, 1.54) is 18.2 Å². The summed E-state index contributed by atoms with van der Waals surface area (Å²) in [5.74, 6) is 0.764. The molecule has 1 amide bonds. The molecule has 8 heteroatoms. The molecule has 0 radical (unpaired) electrons. The van der Waals surface area contributed by atoms with Crippen LogP contribution >= 0.6 is 0 Å². The number of hydrogen-bond donors (Lipinski definition) is 2. The molecule has 0 spiro atoms. The lowest BCUT2D eigenvalue weighted by molar-refractivity contribution is -0.137. The molecule has 0 bridgehead atoms. The van der Waals surface area contributed by atoms with Gasteiger partial charge in [-0.25, -0.2) is 0 Å². The highest BCUT2D eigenvalue weighted by Crippen LogP contribution is 2.35. The van der Waals surface area contributed by atoms with Gasteiger partial charge in [0.25, 0.3) is 0 Å². The third-order valence-corrected chi connectivity index (χ3v) is 3.73. The van der Waals surface area contributed by atoms with E-state index in [1.54, 1.807) is 18.2 Å². The Morgan fingerprint density at radius 1 is 1.04 bits per heavy atom. The number of anilines is 2. The van der Waals surface area contributed by atoms with E-state index in [0.29, 0.717) is 24.7 Å². The summed E-state index contributed by atoms with van der Waals surface area (Å²) in [7, 11) is 0. The molecule has 2 N–H and O–H groups in total. The smallest absolute Gasteiger partial charge is 0.418 e. The molecule has 5 nitrogen and oxygen atoms in total. The zero-order valence-corrected chi connectivity index (χ0v) is 13.7. The quantitative estimate of drug-likeness (QED) is 0.842. The van der Waals surface area contributed by atoms with Crippen molar-refractivity contribution in [2.45, 2.75) is 12.6 Å². The van der Waals surface area contributed by atoms with E-state index in [-0.39, 0.29) is 18.7 Å². The van der Waals surface area contributed by atoms with Crippen molar-refractivity contribution in [3.05, 3.63) is 48.0 Å². The van der Waals surface area contributed by atoms with Crippen LogP contribution in [0.4, 0.5) is 24.5 Å². The van der Waals surface area contributed by atoms with Crippen molar-refractivity contribution >= 4 is 17.3 Å². The second-order valence-corrected chi connectivity index (χ2v) is 5.63. The summed E-state index contributed by atoms with van der Waals surface area (Å²) in [6.45, 7) is 1.23. The highest BCUT2D eigenvalue weighted by molar-refractivity contribution is 5.91. The van der Waals surface area contributed by atoms with Crippen molar-refractivity contribution in [3.63, 3.8) is 0 Å². The molecular weight excluding hydrogens is 349 g/mol. The second-order valence-electron chi connectivity index (χ2n) is 5.63. The van der Waals surface area contributed by atoms with Crippen molar-refractivity contribution in [2.24, 2.45) is 0 Å². The molecule has 1 aliphatic heterocycles. The van der Waals surface area contributed by atoms with E-state index in [1.807, 2.05) is 0 Å². The number of halogens is 3. The van der Waals surface area contributed by atoms with E-state index in [9.17, 15) is 18.0 Å². The number of carbonyl (C=O) groups excluding carboxylic acids is 1. The monoisotopic (exact) mass is 366 g/mol. The van der Waals surface area contributed by atoms with Crippen LogP contribution in [0.25, 0.3) is 0 Å². The Balaban J connectivity index is 1.54. The van der Waals surface area contributed by atoms with Crippen LogP contribution in [-0.2, 0) is 11.0 Å². The van der Waals surface area contributed by atoms with Gasteiger partial charge in [-0.2, -0.15) is 13.2 Å². The molecule has 1 heterocycles. The van der Waals surface area contributed by atoms with E-state index in [2.05, 4.69) is 10.6 Å². The molecule has 1 aliphatic rings. The maximum absolute atomic E-state index is 12.9. The van der Waals surface area contributed by atoms with Crippen molar-refractivity contribution in [1.29, 1.82) is 0 Å². The van der Waals surface area contributed by atoms with Gasteiger partial charge in [-0.15, -0.1) is 0 Å². The molecule has 26 heavy (non-hydrogen) atoms. The number of hydrogen-bond acceptors (Lipinski definition) is 4. The Bertz CT molecular complexity index is 793. The summed E-state index contributed by atoms with van der Waals surface area (Å²) >= 11 is 0. The van der Waals surface area contributed by atoms with Crippen LogP contribution in [0.3, 0.4) is 0 Å². The number of carbonyl (C=O) groups is 1. The Morgan fingerprint density at radius 3 is 2.54 bits per heavy atom. The van der Waals surface area contributed by atoms with Crippen LogP contribution in [0.2, 0.25) is 0 Å². The van der Waals surface area contributed by atoms with Crippen molar-refractivity contribution in [2.75, 3.05) is 30.4 Å². The molecule has 0 saturated heterocycles. The summed E-state index contributed by atoms with van der Waals surface area (Å²) in [5.41, 5.74) is -0.379. The summed E-state index contributed by atoms with van der Waals surface area (Å²) < 4.78 is 49.7. The van der Waals surface area contributed by atoms with E-state index in [0.717, 1.165) is 11.8 Å². The van der Waals surface area contributed by atoms with Crippen LogP contribution in [0, 0.1) is 0 Å². The van der Waals surface area contributed by atoms with Gasteiger partial charge in [0.15, 0.2) is 11.5 Å². The molecule has 0 fully saturated rings. The number of para-hydroxylation sites is 1. The predicted octanol–water partition coefficient (Wildman–Crippen LogP) is 3.92. The third-order valence-electron chi connectivity index (χ3n) is 3.73. The number of ether oxygens (including phenoxy) is 2. The minimum atomic E-state index is -4.52. The summed E-state index contributed by atoms with van der Waals surface area (Å²) in [6.07, 6.45) is -4.51. The first kappa shape index (κ1) is 17.9. The molecule has 0 aromatic heterocycles. The molecular formula is C18H17F3N2O3. The van der Waals surface area contributed by atoms with Crippen molar-refractivity contribution < 1.29 is 27.4 Å². The van der Waals surface area contributed by atoms with Crippen LogP contribution in [0.1, 0.15) is 12.0 Å². The van der Waals surface area contributed by atoms with Gasteiger partial charge in [0.2, 0.25) is 5.91 Å². The lowest BCUT2D eigenvalue weighted by Gasteiger charge is -2.19. The van der Waals surface area contributed by atoms with Gasteiger partial charge >= 0.3 is 6.18 Å². The number of nitrogens with one attached hydrogen (secondary N) is 2. The maximum atomic E-state index is 12.9. The summed E-state index contributed by atoms with van der Waals surface area (Å²) in [5, 5.41) is 5.35. The lowest BCUT2D eigenvalue weighted by atomic mass is 10.1. The number of benzene rings is 2. The lowest BCUT2D eigenvalue weighted by Crippen LogP contribution is -2.19. The van der Waals surface area contributed by atoms with E-state index < -0.39 is 17.6 Å². The predicted molar refractivity (Wildman–Crippen MR) is 90.6 cm³/mol. The first-order chi connectivity index (χ1) is 12.4. The molecule has 0 unspecified atom stereocenters. The first-order valence-electron chi connectivity index (χ1n) is 8.03. The molecule has 0 atom stereocenters. The van der Waals surface area contributed by atoms with Crippen molar-refractivity contribution in [3.8, 4) is 11.5 Å². The maximum Gasteiger partial charge on any atom is 0.418 e. The Kier molecular flexibility index (Phi) is 5.20. The van der Waals surface area contributed by atoms with Gasteiger partial charge in [0.05, 0.1) is 11.3 Å². The topological polar surface area (TPSA) is 59.6 Å². The molecule has 2 aromatic carbocycles. The normalized spacial score (nSPS) is 13.2. The fourth-order valence-corrected chi connectivity index (χ4v) is 2.53. The van der Waals surface area contributed by atoms with E-state index >= 15 is 0 Å². The van der Waals surface area contributed by atoms with Gasteiger partial charge in [-0.3, -0.25) is 4.79 Å². The van der Waals surface area contributed by atoms with Crippen LogP contribution in [0.5, 0.6) is 11.5 Å². The number of alkyl halides is 3. The number of rotatable bonds is 5. The Morgan fingerprint density at radius 2 is 1.77 bits per heavy atom. The molecule has 2 aromatic rings. The highest BCUT2D eigenvalue weighted by Gasteiger charge is 2.33. The van der Waals surface area contributed by atoms with Gasteiger partial charge in [0.1, 0.15) is 13.2 Å². The summed E-state index contributed by atoms with van der Waals surface area (Å²) in [6, 6.07) is 10.2. The fourth-order valence-electron chi connectivity index (χ4n) is 2.53. The average Bonchev–Trinajstić information content (AvgIpc) is 2.61. The largest absolute Gasteiger partial charge is 0.486 e. The minimum absolute atomic E-state index is 0.0145. The van der Waals surface area contributed by atoms with Crippen LogP contribution < -0.4 is 20.1 Å². The number of amides is 1. The fraction of sp³-hybridized carbons (Fsp3) is 0.278. The van der Waals surface area contributed by atoms with E-state index in [4.69, 9.17) is 9.47 Å². The minimum Gasteiger partial charge on any atom is -0.486 e. The average molecular weight is 366 g/mol. The van der Waals surface area contributed by atoms with Crippen LogP contribution in [0.15, 0.2) is 42.5 Å². The van der Waals surface area contributed by atoms with Crippen molar-refractivity contribution in [1.82, 2.24) is 0 Å². The zero-order chi connectivity index (χ0) is 18.6. The van der Waals surface area contributed by atoms with Gasteiger partial charge in [0, 0.05) is 24.7 Å². The Labute approximate surface area is 148 Å². The van der Waals surface area contributed by atoms with Gasteiger partial charge in [-0.1, -0.05) is 12.1 Å². The second kappa shape index (κ2) is 7.55. The standard InChI is InChI=1S/C18H17F3N2O3/c19-18(20,21)13-3-1-2-4-14(13)23-17(24)7-8-22-12-5-6-15-16(11-12)26-10-9-25-15/h1-6,11,22H,7-10H2,(H,23,24). The highest BCUT2D eigenvalue weighted by atomic mass is 19.4. The van der Waals surface area contributed by atoms with Gasteiger partial charge in [-0.05, 0) is 24.3 Å². The third kappa shape index (κ3) is 4.38. The van der Waals surface area contributed by atoms with Gasteiger partial charge < -0.3 is 20.1 Å².